The first-order chi connectivity index (χ1) is 28.5. The molecule has 1 saturated carbocycles. The Hall–Kier alpha value is -6.37. The summed E-state index contributed by atoms with van der Waals surface area (Å²) in [6.07, 6.45) is 1.29. The molecule has 0 unspecified atom stereocenters. The van der Waals surface area contributed by atoms with Crippen molar-refractivity contribution in [2.24, 2.45) is 5.16 Å². The lowest BCUT2D eigenvalue weighted by Crippen LogP contribution is -2.70. The number of alkyl carbamates (subject to hydrolysis) is 1. The number of benzene rings is 2. The van der Waals surface area contributed by atoms with Crippen LogP contribution in [0, 0.1) is 0 Å². The van der Waals surface area contributed by atoms with E-state index in [9.17, 15) is 24.0 Å². The Bertz CT molecular complexity index is 2150. The van der Waals surface area contributed by atoms with E-state index in [1.54, 1.807) is 47.7 Å². The highest BCUT2D eigenvalue weighted by molar-refractivity contribution is 7.14. The first kappa shape index (κ1) is 43.2. The maximum atomic E-state index is 14.2. The molecular weight excluding hydrogens is 795 g/mol. The van der Waals surface area contributed by atoms with Crippen molar-refractivity contribution in [2.45, 2.75) is 115 Å². The number of aromatic nitrogens is 4. The molecule has 318 valence electrons. The Morgan fingerprint density at radius 2 is 1.55 bits per heavy atom. The van der Waals surface area contributed by atoms with Gasteiger partial charge in [0.05, 0.1) is 25.3 Å². The number of nitrogens with zero attached hydrogens (tertiary/aromatic N) is 5. The maximum Gasteiger partial charge on any atom is 0.413 e. The zero-order valence-corrected chi connectivity index (χ0v) is 35.0. The van der Waals surface area contributed by atoms with Crippen molar-refractivity contribution in [3.05, 3.63) is 94.8 Å². The van der Waals surface area contributed by atoms with Gasteiger partial charge >= 0.3 is 18.2 Å². The monoisotopic (exact) mass is 843 g/mol. The summed E-state index contributed by atoms with van der Waals surface area (Å²) in [6.45, 7) is 10.6. The minimum Gasteiger partial charge on any atom is -0.450 e. The van der Waals surface area contributed by atoms with Crippen molar-refractivity contribution in [1.82, 2.24) is 35.9 Å². The molecule has 1 saturated heterocycles. The lowest BCUT2D eigenvalue weighted by atomic mass is 9.98. The Labute approximate surface area is 350 Å². The third kappa shape index (κ3) is 11.4. The average molecular weight is 844 g/mol. The molecule has 1 aliphatic carbocycles. The SMILES string of the molecule is CC(C)(C)OC(=O)NCc1cn(C[C@H]2NC(=O)[C@H]2NC(=O)/C(=N\OC2(C(=O)OC(c3ccccc3)c3ccccc3)CCCC2)c2csc(NC(=O)OC(C)(C)C)n2)nn1. The van der Waals surface area contributed by atoms with Gasteiger partial charge in [-0.25, -0.2) is 19.4 Å². The standard InChI is InChI=1S/C41H49N9O9S/c1-39(2,3)57-37(54)42-21-27-22-50(49-47-27)23-28-30(33(51)43-28)45-34(52)31(29-24-60-36(44-29)46-38(55)58-40(4,5)6)48-59-41(19-13-14-20-41)35(53)56-32(25-15-9-7-10-16-25)26-17-11-8-12-18-26/h7-12,15-18,22,24,28,30,32H,13-14,19-21,23H2,1-6H3,(H,42,54)(H,43,51)(H,45,52)(H,44,46,55)/b48-31-/t28-,30+/m1/s1. The van der Waals surface area contributed by atoms with Gasteiger partial charge in [0.15, 0.2) is 16.9 Å². The molecule has 4 aromatic rings. The molecule has 0 spiro atoms. The number of oxime groups is 1. The van der Waals surface area contributed by atoms with Crippen molar-refractivity contribution in [1.29, 1.82) is 0 Å². The number of esters is 1. The van der Waals surface area contributed by atoms with Crippen molar-refractivity contribution in [3.63, 3.8) is 0 Å². The summed E-state index contributed by atoms with van der Waals surface area (Å²) in [5.74, 6) is -1.95. The molecule has 2 aromatic heterocycles. The molecule has 4 amide bonds. The molecule has 2 fully saturated rings. The molecule has 3 heterocycles. The van der Waals surface area contributed by atoms with E-state index < -0.39 is 65.0 Å². The second-order valence-corrected chi connectivity index (χ2v) is 17.2. The number of carbonyl (C=O) groups is 5. The minimum atomic E-state index is -1.54. The fraction of sp³-hybridized carbons (Fsp3) is 0.439. The lowest BCUT2D eigenvalue weighted by molar-refractivity contribution is -0.176. The molecule has 0 radical (unpaired) electrons. The largest absolute Gasteiger partial charge is 0.450 e. The number of β-lactam (4-membered cyclic amide) rings is 1. The molecular formula is C41H49N9O9S. The molecule has 0 bridgehead atoms. The van der Waals surface area contributed by atoms with Gasteiger partial charge in [-0.1, -0.05) is 71.0 Å². The lowest BCUT2D eigenvalue weighted by Gasteiger charge is -2.36. The number of amides is 4. The molecule has 2 atom stereocenters. The highest BCUT2D eigenvalue weighted by Gasteiger charge is 2.48. The molecule has 19 heteroatoms. The molecule has 6 rings (SSSR count). The number of rotatable bonds is 14. The summed E-state index contributed by atoms with van der Waals surface area (Å²) in [6, 6.07) is 17.0. The van der Waals surface area contributed by atoms with Gasteiger partial charge in [0.2, 0.25) is 11.5 Å². The summed E-state index contributed by atoms with van der Waals surface area (Å²) in [7, 11) is 0. The van der Waals surface area contributed by atoms with E-state index in [1.165, 1.54) is 10.1 Å². The van der Waals surface area contributed by atoms with Gasteiger partial charge in [-0.3, -0.25) is 19.6 Å². The van der Waals surface area contributed by atoms with E-state index in [4.69, 9.17) is 19.0 Å². The van der Waals surface area contributed by atoms with Crippen LogP contribution in [0.5, 0.6) is 0 Å². The van der Waals surface area contributed by atoms with Gasteiger partial charge in [-0.2, -0.15) is 0 Å². The van der Waals surface area contributed by atoms with Gasteiger partial charge in [0.25, 0.3) is 5.91 Å². The third-order valence-corrected chi connectivity index (χ3v) is 9.93. The summed E-state index contributed by atoms with van der Waals surface area (Å²) in [4.78, 5) is 76.4. The number of thiazole rings is 1. The Morgan fingerprint density at radius 3 is 2.15 bits per heavy atom. The van der Waals surface area contributed by atoms with Gasteiger partial charge in [-0.15, -0.1) is 16.4 Å². The van der Waals surface area contributed by atoms with E-state index in [2.05, 4.69) is 41.7 Å². The quantitative estimate of drug-likeness (QED) is 0.0425. The molecule has 2 aromatic carbocycles. The number of hydrogen-bond acceptors (Lipinski definition) is 14. The number of ether oxygens (including phenoxy) is 3. The molecule has 18 nitrogen and oxygen atoms in total. The topological polar surface area (TPSA) is 226 Å². The zero-order chi connectivity index (χ0) is 43.1. The average Bonchev–Trinajstić information content (AvgIpc) is 3.97. The first-order valence-corrected chi connectivity index (χ1v) is 20.3. The van der Waals surface area contributed by atoms with Crippen LogP contribution >= 0.6 is 11.3 Å². The van der Waals surface area contributed by atoms with Crippen LogP contribution in [0.25, 0.3) is 0 Å². The highest BCUT2D eigenvalue weighted by Crippen LogP contribution is 2.38. The summed E-state index contributed by atoms with van der Waals surface area (Å²) in [5, 5.41) is 24.7. The molecule has 4 N–H and O–H groups in total. The third-order valence-electron chi connectivity index (χ3n) is 9.18. The Balaban J connectivity index is 1.21. The van der Waals surface area contributed by atoms with Crippen LogP contribution in [0.4, 0.5) is 14.7 Å². The van der Waals surface area contributed by atoms with Crippen LogP contribution in [0.15, 0.2) is 77.4 Å². The second kappa shape index (κ2) is 18.3. The second-order valence-electron chi connectivity index (χ2n) is 16.4. The van der Waals surface area contributed by atoms with Gasteiger partial charge in [0.1, 0.15) is 28.6 Å². The number of hydrogen-bond donors (Lipinski definition) is 4. The number of carbonyl (C=O) groups excluding carboxylic acids is 5. The highest BCUT2D eigenvalue weighted by atomic mass is 32.1. The minimum absolute atomic E-state index is 0.00575. The summed E-state index contributed by atoms with van der Waals surface area (Å²) < 4.78 is 18.3. The van der Waals surface area contributed by atoms with E-state index in [0.29, 0.717) is 18.5 Å². The Morgan fingerprint density at radius 1 is 0.933 bits per heavy atom. The molecule has 60 heavy (non-hydrogen) atoms. The van der Waals surface area contributed by atoms with Crippen LogP contribution in [-0.4, -0.2) is 84.5 Å². The summed E-state index contributed by atoms with van der Waals surface area (Å²) >= 11 is 1.01. The van der Waals surface area contributed by atoms with Crippen molar-refractivity contribution in [3.8, 4) is 0 Å². The van der Waals surface area contributed by atoms with Crippen molar-refractivity contribution < 1.29 is 43.0 Å². The predicted molar refractivity (Wildman–Crippen MR) is 219 cm³/mol. The normalized spacial score (nSPS) is 17.5. The predicted octanol–water partition coefficient (Wildman–Crippen LogP) is 5.16. The summed E-state index contributed by atoms with van der Waals surface area (Å²) in [5.41, 5.74) is -1.37. The van der Waals surface area contributed by atoms with Gasteiger partial charge in [-0.05, 0) is 65.5 Å². The van der Waals surface area contributed by atoms with Crippen LogP contribution in [-0.2, 0) is 46.5 Å². The van der Waals surface area contributed by atoms with Crippen LogP contribution in [0.1, 0.15) is 95.8 Å². The van der Waals surface area contributed by atoms with Crippen LogP contribution in [0.3, 0.4) is 0 Å². The fourth-order valence-electron chi connectivity index (χ4n) is 6.40. The fourth-order valence-corrected chi connectivity index (χ4v) is 7.08. The van der Waals surface area contributed by atoms with Gasteiger partial charge in [0, 0.05) is 18.2 Å². The van der Waals surface area contributed by atoms with E-state index in [1.807, 2.05) is 60.7 Å². The van der Waals surface area contributed by atoms with Crippen molar-refractivity contribution in [2.75, 3.05) is 5.32 Å². The van der Waals surface area contributed by atoms with E-state index in [0.717, 1.165) is 22.5 Å². The van der Waals surface area contributed by atoms with Crippen LogP contribution in [0.2, 0.25) is 0 Å². The first-order valence-electron chi connectivity index (χ1n) is 19.5. The maximum absolute atomic E-state index is 14.2. The number of nitrogens with one attached hydrogen (secondary N) is 4. The number of anilines is 1. The molecule has 1 aliphatic heterocycles. The van der Waals surface area contributed by atoms with Crippen LogP contribution < -0.4 is 21.3 Å². The van der Waals surface area contributed by atoms with Crippen molar-refractivity contribution >= 4 is 52.2 Å². The van der Waals surface area contributed by atoms with E-state index >= 15 is 0 Å². The zero-order valence-electron chi connectivity index (χ0n) is 34.2. The van der Waals surface area contributed by atoms with Gasteiger partial charge < -0.3 is 35.0 Å². The Kier molecular flexibility index (Phi) is 13.2. The smallest absolute Gasteiger partial charge is 0.413 e. The molecule has 2 aliphatic rings. The van der Waals surface area contributed by atoms with E-state index in [-0.39, 0.29) is 42.5 Å².